The Morgan fingerprint density at radius 2 is 1.50 bits per heavy atom. The number of hydrogen-bond donors (Lipinski definition) is 5. The highest BCUT2D eigenvalue weighted by Crippen LogP contribution is 2.30. The lowest BCUT2D eigenvalue weighted by Gasteiger charge is -2.37. The molecule has 0 aromatic heterocycles. The first-order valence-corrected chi connectivity index (χ1v) is 12.3. The van der Waals surface area contributed by atoms with Gasteiger partial charge in [-0.1, -0.05) is 12.1 Å². The van der Waals surface area contributed by atoms with E-state index in [0.717, 1.165) is 4.90 Å². The minimum absolute atomic E-state index is 0.0849. The van der Waals surface area contributed by atoms with Gasteiger partial charge in [-0.3, -0.25) is 48.8 Å². The van der Waals surface area contributed by atoms with E-state index in [2.05, 4.69) is 0 Å². The third-order valence-corrected chi connectivity index (χ3v) is 6.71. The zero-order valence-corrected chi connectivity index (χ0v) is 21.7. The van der Waals surface area contributed by atoms with E-state index in [4.69, 9.17) is 10.2 Å². The van der Waals surface area contributed by atoms with Crippen molar-refractivity contribution in [3.63, 3.8) is 0 Å². The maximum Gasteiger partial charge on any atom is 0.321 e. The van der Waals surface area contributed by atoms with Gasteiger partial charge < -0.3 is 25.5 Å². The molecule has 1 aliphatic heterocycles. The molecule has 1 aromatic rings. The van der Waals surface area contributed by atoms with Crippen LogP contribution in [0.2, 0.25) is 0 Å². The van der Waals surface area contributed by atoms with Gasteiger partial charge in [-0.25, -0.2) is 0 Å². The highest BCUT2D eigenvalue weighted by molar-refractivity contribution is 5.78. The van der Waals surface area contributed by atoms with Gasteiger partial charge in [0.2, 0.25) is 0 Å². The zero-order valence-electron chi connectivity index (χ0n) is 21.7. The Balaban J connectivity index is 2.33. The van der Waals surface area contributed by atoms with E-state index in [1.807, 2.05) is 0 Å². The zero-order chi connectivity index (χ0) is 30.1. The predicted molar refractivity (Wildman–Crippen MR) is 135 cm³/mol. The molecule has 5 N–H and O–H groups in total. The standard InChI is InChI=1S/C24H32N4O12/c1-14(26(12-21(31)32)13-22(33)34)9-25(11-20(29)30)10-17-6-7-18(23(35)36)27(17)19(24(37)38)8-15-2-4-16(5-3-15)28(39)40/h2-5,14,17-19H,6-13H2,1H3,(H,29,30)(H,31,32)(H,33,34)(H,35,36)(H,37,38)/t14?,17-,18+,19+/m0/s1. The maximum atomic E-state index is 12.3. The minimum Gasteiger partial charge on any atom is -0.480 e. The first kappa shape index (κ1) is 32.1. The van der Waals surface area contributed by atoms with Crippen LogP contribution in [0.5, 0.6) is 0 Å². The summed E-state index contributed by atoms with van der Waals surface area (Å²) in [6, 6.07) is 1.19. The third kappa shape index (κ3) is 9.25. The number of benzene rings is 1. The summed E-state index contributed by atoms with van der Waals surface area (Å²) in [7, 11) is 0. The molecule has 1 fully saturated rings. The van der Waals surface area contributed by atoms with E-state index >= 15 is 0 Å². The minimum atomic E-state index is -1.35. The van der Waals surface area contributed by atoms with Crippen LogP contribution in [-0.4, -0.2) is 132 Å². The fourth-order valence-corrected chi connectivity index (χ4v) is 5.01. The number of carbonyl (C=O) groups is 5. The summed E-state index contributed by atoms with van der Waals surface area (Å²) in [5.41, 5.74) is 0.221. The number of rotatable bonds is 17. The molecule has 40 heavy (non-hydrogen) atoms. The fraction of sp³-hybridized carbons (Fsp3) is 0.542. The van der Waals surface area contributed by atoms with Crippen molar-refractivity contribution >= 4 is 35.5 Å². The van der Waals surface area contributed by atoms with Crippen LogP contribution in [0.1, 0.15) is 25.3 Å². The van der Waals surface area contributed by atoms with Crippen LogP contribution >= 0.6 is 0 Å². The van der Waals surface area contributed by atoms with Crippen molar-refractivity contribution in [3.8, 4) is 0 Å². The van der Waals surface area contributed by atoms with Gasteiger partial charge >= 0.3 is 29.8 Å². The topological polar surface area (TPSA) is 239 Å². The molecule has 1 aromatic carbocycles. The molecule has 0 radical (unpaired) electrons. The van der Waals surface area contributed by atoms with E-state index in [1.54, 1.807) is 0 Å². The first-order chi connectivity index (χ1) is 18.7. The van der Waals surface area contributed by atoms with Crippen LogP contribution in [0.15, 0.2) is 24.3 Å². The Kier molecular flexibility index (Phi) is 11.5. The number of carboxylic acids is 5. The van der Waals surface area contributed by atoms with Crippen molar-refractivity contribution in [1.29, 1.82) is 0 Å². The third-order valence-electron chi connectivity index (χ3n) is 6.71. The van der Waals surface area contributed by atoms with Crippen LogP contribution in [0.25, 0.3) is 0 Å². The number of nitro benzene ring substituents is 1. The summed E-state index contributed by atoms with van der Waals surface area (Å²) in [5, 5.41) is 58.6. The highest BCUT2D eigenvalue weighted by Gasteiger charge is 2.45. The van der Waals surface area contributed by atoms with Gasteiger partial charge in [0.1, 0.15) is 12.1 Å². The Bertz CT molecular complexity index is 1100. The number of carboxylic acid groups (broad SMARTS) is 5. The largest absolute Gasteiger partial charge is 0.480 e. The van der Waals surface area contributed by atoms with Crippen LogP contribution in [-0.2, 0) is 30.4 Å². The molecule has 2 rings (SSSR count). The predicted octanol–water partition coefficient (Wildman–Crippen LogP) is -0.246. The molecule has 0 spiro atoms. The van der Waals surface area contributed by atoms with Gasteiger partial charge in [0, 0.05) is 37.3 Å². The molecular formula is C24H32N4O12. The number of non-ortho nitro benzene ring substituents is 1. The lowest BCUT2D eigenvalue weighted by atomic mass is 10.0. The van der Waals surface area contributed by atoms with E-state index in [-0.39, 0.29) is 38.0 Å². The van der Waals surface area contributed by atoms with Gasteiger partial charge in [0.15, 0.2) is 0 Å². The Labute approximate surface area is 228 Å². The summed E-state index contributed by atoms with van der Waals surface area (Å²) in [6.07, 6.45) is 0.137. The molecule has 1 aliphatic rings. The van der Waals surface area contributed by atoms with Crippen molar-refractivity contribution in [2.24, 2.45) is 0 Å². The molecular weight excluding hydrogens is 536 g/mol. The average molecular weight is 569 g/mol. The van der Waals surface area contributed by atoms with Gasteiger partial charge in [-0.05, 0) is 31.7 Å². The normalized spacial score (nSPS) is 18.9. The van der Waals surface area contributed by atoms with Crippen molar-refractivity contribution in [2.45, 2.75) is 50.4 Å². The first-order valence-electron chi connectivity index (χ1n) is 12.3. The van der Waals surface area contributed by atoms with E-state index < -0.39 is 78.6 Å². The number of nitrogens with zero attached hydrogens (tertiary/aromatic N) is 4. The van der Waals surface area contributed by atoms with Gasteiger partial charge in [0.25, 0.3) is 5.69 Å². The molecule has 16 heteroatoms. The molecule has 16 nitrogen and oxygen atoms in total. The maximum absolute atomic E-state index is 12.3. The molecule has 0 aliphatic carbocycles. The number of aliphatic carboxylic acids is 5. The summed E-state index contributed by atoms with van der Waals surface area (Å²) in [4.78, 5) is 72.6. The molecule has 220 valence electrons. The van der Waals surface area contributed by atoms with Crippen LogP contribution < -0.4 is 0 Å². The van der Waals surface area contributed by atoms with Crippen LogP contribution in [0.3, 0.4) is 0 Å². The molecule has 4 atom stereocenters. The molecule has 1 saturated heterocycles. The second-order valence-electron chi connectivity index (χ2n) is 9.64. The van der Waals surface area contributed by atoms with Crippen LogP contribution in [0, 0.1) is 10.1 Å². The Morgan fingerprint density at radius 1 is 0.950 bits per heavy atom. The van der Waals surface area contributed by atoms with Crippen molar-refractivity contribution in [2.75, 3.05) is 32.7 Å². The van der Waals surface area contributed by atoms with Crippen LogP contribution in [0.4, 0.5) is 5.69 Å². The fourth-order valence-electron chi connectivity index (χ4n) is 5.01. The smallest absolute Gasteiger partial charge is 0.321 e. The molecule has 0 saturated carbocycles. The Hall–Kier alpha value is -4.15. The molecule has 0 amide bonds. The number of likely N-dealkylation sites (tertiary alicyclic amines) is 1. The number of hydrogen-bond acceptors (Lipinski definition) is 10. The summed E-state index contributed by atoms with van der Waals surface area (Å²) in [5.74, 6) is -6.39. The van der Waals surface area contributed by atoms with Crippen molar-refractivity contribution < 1.29 is 54.4 Å². The SMILES string of the molecule is CC(CN(CC(=O)O)C[C@@H]1CC[C@H](C(=O)O)N1[C@H](Cc1ccc([N+](=O)[O-])cc1)C(=O)O)N(CC(=O)O)CC(=O)O. The second-order valence-corrected chi connectivity index (χ2v) is 9.64. The van der Waals surface area contributed by atoms with E-state index in [9.17, 15) is 49.4 Å². The summed E-state index contributed by atoms with van der Waals surface area (Å²) >= 11 is 0. The second kappa shape index (κ2) is 14.3. The van der Waals surface area contributed by atoms with Crippen molar-refractivity contribution in [3.05, 3.63) is 39.9 Å². The summed E-state index contributed by atoms with van der Waals surface area (Å²) in [6.45, 7) is -0.404. The summed E-state index contributed by atoms with van der Waals surface area (Å²) < 4.78 is 0. The van der Waals surface area contributed by atoms with Gasteiger partial charge in [-0.15, -0.1) is 0 Å². The molecule has 0 bridgehead atoms. The average Bonchev–Trinajstić information content (AvgIpc) is 3.24. The monoisotopic (exact) mass is 568 g/mol. The van der Waals surface area contributed by atoms with Gasteiger partial charge in [-0.2, -0.15) is 0 Å². The quantitative estimate of drug-likeness (QED) is 0.120. The highest BCUT2D eigenvalue weighted by atomic mass is 16.6. The van der Waals surface area contributed by atoms with E-state index in [1.165, 1.54) is 41.0 Å². The molecule has 1 heterocycles. The lowest BCUT2D eigenvalue weighted by molar-refractivity contribution is -0.384. The Morgan fingerprint density at radius 3 is 1.95 bits per heavy atom. The van der Waals surface area contributed by atoms with E-state index in [0.29, 0.717) is 5.56 Å². The van der Waals surface area contributed by atoms with Gasteiger partial charge in [0.05, 0.1) is 24.6 Å². The number of nitro groups is 1. The lowest BCUT2D eigenvalue weighted by Crippen LogP contribution is -2.56. The molecule has 1 unspecified atom stereocenters. The van der Waals surface area contributed by atoms with Crippen molar-refractivity contribution in [1.82, 2.24) is 14.7 Å².